The normalized spacial score (nSPS) is 11.3. The van der Waals surface area contributed by atoms with Crippen LogP contribution >= 0.6 is 11.3 Å². The van der Waals surface area contributed by atoms with E-state index in [1.54, 1.807) is 0 Å². The molecule has 0 bridgehead atoms. The van der Waals surface area contributed by atoms with Crippen LogP contribution in [0.5, 0.6) is 0 Å². The van der Waals surface area contributed by atoms with Gasteiger partial charge in [-0.3, -0.25) is 0 Å². The van der Waals surface area contributed by atoms with Crippen molar-refractivity contribution in [1.29, 1.82) is 0 Å². The van der Waals surface area contributed by atoms with Gasteiger partial charge in [0, 0.05) is 53.6 Å². The molecule has 55 heavy (non-hydrogen) atoms. The van der Waals surface area contributed by atoms with Crippen LogP contribution in [0.25, 0.3) is 99.4 Å². The van der Waals surface area contributed by atoms with E-state index in [9.17, 15) is 0 Å². The van der Waals surface area contributed by atoms with Gasteiger partial charge in [-0.15, -0.1) is 11.3 Å². The van der Waals surface area contributed by atoms with Crippen molar-refractivity contribution in [2.24, 2.45) is 0 Å². The summed E-state index contributed by atoms with van der Waals surface area (Å²) < 4.78 is 2.58. The van der Waals surface area contributed by atoms with E-state index in [0.29, 0.717) is 23.3 Å². The quantitative estimate of drug-likeness (QED) is 0.164. The molecule has 3 aromatic heterocycles. The zero-order chi connectivity index (χ0) is 36.6. The Labute approximate surface area is 322 Å². The van der Waals surface area contributed by atoms with Crippen LogP contribution in [0.15, 0.2) is 188 Å². The smallest absolute Gasteiger partial charge is 0.164 e. The third-order valence-corrected chi connectivity index (χ3v) is 11.0. The molecule has 0 fully saturated rings. The van der Waals surface area contributed by atoms with Gasteiger partial charge >= 0.3 is 0 Å². The lowest BCUT2D eigenvalue weighted by Crippen LogP contribution is -2.02. The summed E-state index contributed by atoms with van der Waals surface area (Å²) in [6.07, 6.45) is 0. The Morgan fingerprint density at radius 1 is 0.291 bits per heavy atom. The van der Waals surface area contributed by atoms with Crippen LogP contribution in [0, 0.1) is 0 Å². The van der Waals surface area contributed by atoms with E-state index >= 15 is 0 Å². The fourth-order valence-electron chi connectivity index (χ4n) is 7.07. The number of benzene rings is 7. The van der Waals surface area contributed by atoms with Crippen LogP contribution in [-0.4, -0.2) is 24.9 Å². The van der Waals surface area contributed by atoms with Gasteiger partial charge in [-0.2, -0.15) is 0 Å². The number of aromatic nitrogens is 5. The molecule has 0 saturated heterocycles. The minimum absolute atomic E-state index is 0.569. The van der Waals surface area contributed by atoms with Gasteiger partial charge in [0.1, 0.15) is 0 Å². The van der Waals surface area contributed by atoms with Gasteiger partial charge in [0.2, 0.25) is 0 Å². The molecule has 0 radical (unpaired) electrons. The predicted octanol–water partition coefficient (Wildman–Crippen LogP) is 12.7. The second kappa shape index (κ2) is 14.0. The molecule has 7 aromatic carbocycles. The standard InChI is InChI=1S/C49H31N5S/c1-4-15-33(16-5-1)42-31-43(51-46(50-42)34-17-6-2-7-18-34)38-21-10-11-23-41(38)49-53-47(35-19-8-3-9-20-35)52-48(54-49)36-29-27-32(28-30-36)37-24-14-25-40-39-22-12-13-26-44(39)55-45(37)40/h1-31H. The van der Waals surface area contributed by atoms with Crippen LogP contribution in [-0.2, 0) is 0 Å². The van der Waals surface area contributed by atoms with E-state index in [1.165, 1.54) is 25.7 Å². The maximum atomic E-state index is 5.16. The van der Waals surface area contributed by atoms with E-state index < -0.39 is 0 Å². The summed E-state index contributed by atoms with van der Waals surface area (Å²) in [6, 6.07) is 64.4. The van der Waals surface area contributed by atoms with Crippen molar-refractivity contribution < 1.29 is 0 Å². The highest BCUT2D eigenvalue weighted by atomic mass is 32.1. The minimum Gasteiger partial charge on any atom is -0.228 e. The van der Waals surface area contributed by atoms with Crippen molar-refractivity contribution >= 4 is 31.5 Å². The first-order valence-corrected chi connectivity index (χ1v) is 19.0. The van der Waals surface area contributed by atoms with Crippen molar-refractivity contribution in [3.05, 3.63) is 188 Å². The minimum atomic E-state index is 0.569. The predicted molar refractivity (Wildman–Crippen MR) is 226 cm³/mol. The molecule has 0 unspecified atom stereocenters. The zero-order valence-electron chi connectivity index (χ0n) is 29.5. The Hall–Kier alpha value is -7.15. The molecule has 6 heteroatoms. The summed E-state index contributed by atoms with van der Waals surface area (Å²) in [5, 5.41) is 2.58. The van der Waals surface area contributed by atoms with Crippen LogP contribution in [0.4, 0.5) is 0 Å². The van der Waals surface area contributed by atoms with Gasteiger partial charge < -0.3 is 0 Å². The fourth-order valence-corrected chi connectivity index (χ4v) is 8.31. The Balaban J connectivity index is 1.11. The number of thiophene rings is 1. The average Bonchev–Trinajstić information content (AvgIpc) is 3.66. The Kier molecular flexibility index (Phi) is 8.28. The first kappa shape index (κ1) is 32.5. The fraction of sp³-hybridized carbons (Fsp3) is 0. The summed E-state index contributed by atoms with van der Waals surface area (Å²) in [7, 11) is 0. The molecule has 10 aromatic rings. The lowest BCUT2D eigenvalue weighted by molar-refractivity contribution is 1.07. The maximum Gasteiger partial charge on any atom is 0.164 e. The van der Waals surface area contributed by atoms with Gasteiger partial charge in [0.25, 0.3) is 0 Å². The van der Waals surface area contributed by atoms with Gasteiger partial charge in [-0.05, 0) is 23.3 Å². The van der Waals surface area contributed by atoms with Crippen molar-refractivity contribution in [2.45, 2.75) is 0 Å². The third-order valence-electron chi connectivity index (χ3n) is 9.80. The van der Waals surface area contributed by atoms with Crippen LogP contribution in [0.3, 0.4) is 0 Å². The second-order valence-corrected chi connectivity index (χ2v) is 14.3. The topological polar surface area (TPSA) is 64.5 Å². The number of hydrogen-bond donors (Lipinski definition) is 0. The molecule has 10 rings (SSSR count). The lowest BCUT2D eigenvalue weighted by atomic mass is 10.0. The highest BCUT2D eigenvalue weighted by Gasteiger charge is 2.19. The molecule has 0 aliphatic rings. The SMILES string of the molecule is c1ccc(-c2cc(-c3ccccc3-c3nc(-c4ccccc4)nc(-c4ccc(-c5cccc6c5sc5ccccc56)cc4)n3)nc(-c3ccccc3)n2)cc1. The highest BCUT2D eigenvalue weighted by molar-refractivity contribution is 7.26. The lowest BCUT2D eigenvalue weighted by Gasteiger charge is -2.14. The van der Waals surface area contributed by atoms with Gasteiger partial charge in [0.05, 0.1) is 11.4 Å². The first-order valence-electron chi connectivity index (χ1n) is 18.2. The summed E-state index contributed by atoms with van der Waals surface area (Å²) in [4.78, 5) is 25.5. The average molecular weight is 722 g/mol. The molecule has 3 heterocycles. The summed E-state index contributed by atoms with van der Waals surface area (Å²) in [6.45, 7) is 0. The molecule has 0 aliphatic heterocycles. The molecule has 0 amide bonds. The Morgan fingerprint density at radius 3 is 1.45 bits per heavy atom. The van der Waals surface area contributed by atoms with Gasteiger partial charge in [-0.1, -0.05) is 176 Å². The van der Waals surface area contributed by atoms with Crippen LogP contribution in [0.2, 0.25) is 0 Å². The van der Waals surface area contributed by atoms with E-state index in [1.807, 2.05) is 102 Å². The maximum absolute atomic E-state index is 5.16. The molecule has 258 valence electrons. The van der Waals surface area contributed by atoms with Crippen LogP contribution < -0.4 is 0 Å². The molecule has 0 saturated carbocycles. The van der Waals surface area contributed by atoms with Crippen molar-refractivity contribution in [1.82, 2.24) is 24.9 Å². The second-order valence-electron chi connectivity index (χ2n) is 13.3. The number of rotatable bonds is 7. The molecule has 0 atom stereocenters. The molecule has 5 nitrogen and oxygen atoms in total. The summed E-state index contributed by atoms with van der Waals surface area (Å²) >= 11 is 1.84. The zero-order valence-corrected chi connectivity index (χ0v) is 30.4. The number of hydrogen-bond acceptors (Lipinski definition) is 6. The van der Waals surface area contributed by atoms with Gasteiger partial charge in [-0.25, -0.2) is 24.9 Å². The summed E-state index contributed by atoms with van der Waals surface area (Å²) in [5.74, 6) is 2.43. The van der Waals surface area contributed by atoms with Crippen molar-refractivity contribution in [3.8, 4) is 79.2 Å². The number of nitrogens with zero attached hydrogens (tertiary/aromatic N) is 5. The third kappa shape index (κ3) is 6.24. The highest BCUT2D eigenvalue weighted by Crippen LogP contribution is 2.40. The van der Waals surface area contributed by atoms with Crippen molar-refractivity contribution in [3.63, 3.8) is 0 Å². The van der Waals surface area contributed by atoms with Crippen molar-refractivity contribution in [2.75, 3.05) is 0 Å². The molecule has 0 spiro atoms. The largest absolute Gasteiger partial charge is 0.228 e. The Morgan fingerprint density at radius 2 is 0.764 bits per heavy atom. The molecule has 0 aliphatic carbocycles. The van der Waals surface area contributed by atoms with E-state index in [0.717, 1.165) is 50.3 Å². The molecular weight excluding hydrogens is 691 g/mol. The van der Waals surface area contributed by atoms with Gasteiger partial charge in [0.15, 0.2) is 23.3 Å². The monoisotopic (exact) mass is 721 g/mol. The first-order chi connectivity index (χ1) is 27.2. The van der Waals surface area contributed by atoms with E-state index in [-0.39, 0.29) is 0 Å². The molecular formula is C49H31N5S. The molecule has 0 N–H and O–H groups in total. The van der Waals surface area contributed by atoms with E-state index in [4.69, 9.17) is 24.9 Å². The number of fused-ring (bicyclic) bond motifs is 3. The summed E-state index contributed by atoms with van der Waals surface area (Å²) in [5.41, 5.74) is 9.53. The van der Waals surface area contributed by atoms with Crippen LogP contribution in [0.1, 0.15) is 0 Å². The Bertz CT molecular complexity index is 2900. The van der Waals surface area contributed by atoms with E-state index in [2.05, 4.69) is 97.1 Å².